The van der Waals surface area contributed by atoms with Crippen molar-refractivity contribution in [3.05, 3.63) is 53.1 Å². The predicted octanol–water partition coefficient (Wildman–Crippen LogP) is 4.41. The molecule has 2 aromatic carbocycles. The molecule has 0 saturated carbocycles. The van der Waals surface area contributed by atoms with Crippen molar-refractivity contribution in [1.82, 2.24) is 10.2 Å². The Morgan fingerprint density at radius 2 is 2.04 bits per heavy atom. The number of piperazine rings is 1. The third-order valence-electron chi connectivity index (χ3n) is 5.75. The van der Waals surface area contributed by atoms with Crippen molar-refractivity contribution in [2.24, 2.45) is 10.4 Å². The second kappa shape index (κ2) is 7.22. The summed E-state index contributed by atoms with van der Waals surface area (Å²) in [6.45, 7) is 7.93. The van der Waals surface area contributed by atoms with E-state index in [0.717, 1.165) is 30.2 Å². The number of rotatable bonds is 2. The molecular weight excluding hydrogens is 374 g/mol. The van der Waals surface area contributed by atoms with E-state index in [0.29, 0.717) is 23.0 Å². The third-order valence-corrected chi connectivity index (χ3v) is 5.98. The van der Waals surface area contributed by atoms with Gasteiger partial charge in [-0.25, -0.2) is 4.99 Å². The number of carbonyl (C=O) groups excluding carboxylic acids is 1. The third kappa shape index (κ3) is 3.40. The zero-order valence-corrected chi connectivity index (χ0v) is 17.1. The Labute approximate surface area is 170 Å². The molecule has 28 heavy (non-hydrogen) atoms. The maximum atomic E-state index is 12.2. The van der Waals surface area contributed by atoms with E-state index in [1.54, 1.807) is 13.0 Å². The molecule has 0 amide bonds. The minimum atomic E-state index is -0.457. The second-order valence-corrected chi connectivity index (χ2v) is 8.31. The maximum Gasteiger partial charge on any atom is 0.153 e. The van der Waals surface area contributed by atoms with Crippen molar-refractivity contribution in [2.45, 2.75) is 26.8 Å². The first-order valence-corrected chi connectivity index (χ1v) is 9.89. The summed E-state index contributed by atoms with van der Waals surface area (Å²) in [4.78, 5) is 19.4. The van der Waals surface area contributed by atoms with E-state index in [2.05, 4.69) is 10.2 Å². The number of halogens is 1. The van der Waals surface area contributed by atoms with Crippen LogP contribution >= 0.6 is 11.6 Å². The van der Waals surface area contributed by atoms with Gasteiger partial charge in [-0.05, 0) is 37.3 Å². The summed E-state index contributed by atoms with van der Waals surface area (Å²) in [6.07, 6.45) is 0. The summed E-state index contributed by atoms with van der Waals surface area (Å²) >= 11 is 6.21. The molecule has 1 N–H and O–H groups in total. The van der Waals surface area contributed by atoms with E-state index in [4.69, 9.17) is 21.3 Å². The van der Waals surface area contributed by atoms with Gasteiger partial charge in [0.25, 0.3) is 0 Å². The van der Waals surface area contributed by atoms with Crippen molar-refractivity contribution < 1.29 is 9.53 Å². The zero-order chi connectivity index (χ0) is 19.9. The fourth-order valence-corrected chi connectivity index (χ4v) is 3.78. The van der Waals surface area contributed by atoms with Crippen LogP contribution in [-0.4, -0.2) is 42.2 Å². The minimum Gasteiger partial charge on any atom is -0.454 e. The van der Waals surface area contributed by atoms with Crippen LogP contribution in [0.2, 0.25) is 5.02 Å². The molecule has 0 bridgehead atoms. The molecule has 1 fully saturated rings. The highest BCUT2D eigenvalue weighted by Gasteiger charge is 2.38. The topological polar surface area (TPSA) is 53.9 Å². The van der Waals surface area contributed by atoms with Crippen LogP contribution in [-0.2, 0) is 4.79 Å². The van der Waals surface area contributed by atoms with Crippen LogP contribution in [0.4, 0.5) is 5.69 Å². The normalized spacial score (nSPS) is 19.1. The van der Waals surface area contributed by atoms with Gasteiger partial charge in [0.15, 0.2) is 5.75 Å². The molecule has 1 saturated heterocycles. The Bertz CT molecular complexity index is 955. The van der Waals surface area contributed by atoms with Gasteiger partial charge in [0.1, 0.15) is 23.1 Å². The fourth-order valence-electron chi connectivity index (χ4n) is 3.61. The molecule has 1 atom stereocenters. The van der Waals surface area contributed by atoms with Gasteiger partial charge >= 0.3 is 0 Å². The number of amidine groups is 1. The Balaban J connectivity index is 1.77. The smallest absolute Gasteiger partial charge is 0.153 e. The van der Waals surface area contributed by atoms with Crippen LogP contribution in [0.25, 0.3) is 0 Å². The lowest BCUT2D eigenvalue weighted by Gasteiger charge is -2.42. The first-order chi connectivity index (χ1) is 13.4. The van der Waals surface area contributed by atoms with Crippen molar-refractivity contribution in [3.8, 4) is 11.5 Å². The molecule has 6 heteroatoms. The number of hydrogen-bond donors (Lipinski definition) is 1. The molecule has 2 aliphatic heterocycles. The number of ketones is 1. The number of aliphatic imine (C=N–C) groups is 1. The van der Waals surface area contributed by atoms with E-state index in [1.165, 1.54) is 0 Å². The van der Waals surface area contributed by atoms with Crippen molar-refractivity contribution >= 4 is 28.9 Å². The molecule has 146 valence electrons. The summed E-state index contributed by atoms with van der Waals surface area (Å²) in [5, 5.41) is 4.13. The van der Waals surface area contributed by atoms with Crippen molar-refractivity contribution in [1.29, 1.82) is 0 Å². The van der Waals surface area contributed by atoms with Gasteiger partial charge in [0, 0.05) is 36.1 Å². The number of fused-ring (bicyclic) bond motifs is 2. The van der Waals surface area contributed by atoms with Gasteiger partial charge in [0.2, 0.25) is 0 Å². The SMILES string of the molecule is CC(=O)C(C)(C)[C@H]1CN(C2=Nc3cc(Cl)ccc3Oc3ccccc32)CCN1. The minimum absolute atomic E-state index is 0.0385. The lowest BCUT2D eigenvalue weighted by Crippen LogP contribution is -2.59. The van der Waals surface area contributed by atoms with E-state index in [1.807, 2.05) is 50.2 Å². The van der Waals surface area contributed by atoms with Crippen LogP contribution in [0.1, 0.15) is 26.3 Å². The van der Waals surface area contributed by atoms with Crippen LogP contribution in [0.3, 0.4) is 0 Å². The highest BCUT2D eigenvalue weighted by Crippen LogP contribution is 2.39. The molecule has 0 aliphatic carbocycles. The number of carbonyl (C=O) groups is 1. The summed E-state index contributed by atoms with van der Waals surface area (Å²) in [6, 6.07) is 13.4. The largest absolute Gasteiger partial charge is 0.454 e. The van der Waals surface area contributed by atoms with Crippen molar-refractivity contribution in [2.75, 3.05) is 19.6 Å². The molecule has 0 radical (unpaired) electrons. The number of para-hydroxylation sites is 1. The van der Waals surface area contributed by atoms with Crippen molar-refractivity contribution in [3.63, 3.8) is 0 Å². The maximum absolute atomic E-state index is 12.2. The molecule has 0 spiro atoms. The molecule has 2 aliphatic rings. The Morgan fingerprint density at radius 3 is 2.82 bits per heavy atom. The first-order valence-electron chi connectivity index (χ1n) is 9.51. The molecule has 0 unspecified atom stereocenters. The number of nitrogens with zero attached hydrogens (tertiary/aromatic N) is 2. The highest BCUT2D eigenvalue weighted by molar-refractivity contribution is 6.31. The van der Waals surface area contributed by atoms with Gasteiger partial charge in [-0.15, -0.1) is 0 Å². The zero-order valence-electron chi connectivity index (χ0n) is 16.3. The summed E-state index contributed by atoms with van der Waals surface area (Å²) in [7, 11) is 0. The average molecular weight is 398 g/mol. The van der Waals surface area contributed by atoms with E-state index >= 15 is 0 Å². The van der Waals surface area contributed by atoms with E-state index in [9.17, 15) is 4.79 Å². The number of Topliss-reactive ketones (excluding diaryl/α,β-unsaturated/α-hetero) is 1. The van der Waals surface area contributed by atoms with Crippen LogP contribution < -0.4 is 10.1 Å². The van der Waals surface area contributed by atoms with Gasteiger partial charge in [-0.1, -0.05) is 37.6 Å². The summed E-state index contributed by atoms with van der Waals surface area (Å²) in [5.41, 5.74) is 1.19. The van der Waals surface area contributed by atoms with Crippen LogP contribution in [0.15, 0.2) is 47.5 Å². The Morgan fingerprint density at radius 1 is 1.25 bits per heavy atom. The number of hydrogen-bond acceptors (Lipinski definition) is 5. The monoisotopic (exact) mass is 397 g/mol. The molecule has 2 heterocycles. The molecular formula is C22H24ClN3O2. The van der Waals surface area contributed by atoms with E-state index < -0.39 is 5.41 Å². The Hall–Kier alpha value is -2.37. The van der Waals surface area contributed by atoms with Gasteiger partial charge in [-0.2, -0.15) is 0 Å². The predicted molar refractivity (Wildman–Crippen MR) is 112 cm³/mol. The lowest BCUT2D eigenvalue weighted by atomic mass is 9.79. The second-order valence-electron chi connectivity index (χ2n) is 7.88. The molecule has 2 aromatic rings. The van der Waals surface area contributed by atoms with Gasteiger partial charge < -0.3 is 15.0 Å². The number of nitrogens with one attached hydrogen (secondary N) is 1. The molecule has 4 rings (SSSR count). The average Bonchev–Trinajstić information content (AvgIpc) is 2.84. The van der Waals surface area contributed by atoms with Gasteiger partial charge in [0.05, 0.1) is 5.56 Å². The first kappa shape index (κ1) is 19.0. The van der Waals surface area contributed by atoms with Gasteiger partial charge in [-0.3, -0.25) is 4.79 Å². The number of ether oxygens (including phenoxy) is 1. The molecule has 5 nitrogen and oxygen atoms in total. The number of benzene rings is 2. The van der Waals surface area contributed by atoms with Crippen LogP contribution in [0, 0.1) is 5.41 Å². The summed E-state index contributed by atoms with van der Waals surface area (Å²) in [5.74, 6) is 2.48. The standard InChI is InChI=1S/C22H24ClN3O2/c1-14(27)22(2,3)20-13-26(11-10-24-20)21-16-6-4-5-7-18(16)28-19-9-8-15(23)12-17(19)25-21/h4-9,12,20,24H,10-11,13H2,1-3H3/t20-/m1/s1. The van der Waals surface area contributed by atoms with E-state index in [-0.39, 0.29) is 11.8 Å². The highest BCUT2D eigenvalue weighted by atomic mass is 35.5. The quantitative estimate of drug-likeness (QED) is 0.815. The Kier molecular flexibility index (Phi) is 4.89. The lowest BCUT2D eigenvalue weighted by molar-refractivity contribution is -0.126. The van der Waals surface area contributed by atoms with Crippen LogP contribution in [0.5, 0.6) is 11.5 Å². The summed E-state index contributed by atoms with van der Waals surface area (Å²) < 4.78 is 6.14. The fraction of sp³-hybridized carbons (Fsp3) is 0.364. The molecule has 0 aromatic heterocycles.